The molecule has 1 aliphatic rings. The van der Waals surface area contributed by atoms with Gasteiger partial charge < -0.3 is 24.4 Å². The van der Waals surface area contributed by atoms with E-state index in [4.69, 9.17) is 14.2 Å². The van der Waals surface area contributed by atoms with Gasteiger partial charge >= 0.3 is 0 Å². The Morgan fingerprint density at radius 1 is 0.872 bits per heavy atom. The van der Waals surface area contributed by atoms with Crippen molar-refractivity contribution in [3.8, 4) is 17.2 Å². The van der Waals surface area contributed by atoms with Crippen LogP contribution in [0.3, 0.4) is 0 Å². The molecule has 39 heavy (non-hydrogen) atoms. The summed E-state index contributed by atoms with van der Waals surface area (Å²) in [5.74, 6) is 2.76. The van der Waals surface area contributed by atoms with Crippen molar-refractivity contribution in [1.82, 2.24) is 9.88 Å². The number of nitrogens with one attached hydrogen (secondary N) is 1. The van der Waals surface area contributed by atoms with Gasteiger partial charge in [0, 0.05) is 43.9 Å². The van der Waals surface area contributed by atoms with E-state index >= 15 is 0 Å². The fraction of sp³-hybridized carbons (Fsp3) is 0.419. The van der Waals surface area contributed by atoms with Crippen LogP contribution in [0.5, 0.6) is 17.2 Å². The molecule has 8 nitrogen and oxygen atoms in total. The Hall–Kier alpha value is -3.78. The monoisotopic (exact) mass is 532 g/mol. The predicted molar refractivity (Wildman–Crippen MR) is 156 cm³/mol. The highest BCUT2D eigenvalue weighted by Crippen LogP contribution is 2.40. The molecule has 2 heterocycles. The van der Waals surface area contributed by atoms with Gasteiger partial charge in [0.15, 0.2) is 11.5 Å². The predicted octanol–water partition coefficient (Wildman–Crippen LogP) is 5.37. The van der Waals surface area contributed by atoms with Crippen molar-refractivity contribution in [2.24, 2.45) is 0 Å². The number of nitrogens with zero attached hydrogens (tertiary/aromatic N) is 3. The minimum Gasteiger partial charge on any atom is -0.493 e. The second-order valence-corrected chi connectivity index (χ2v) is 10.8. The van der Waals surface area contributed by atoms with Crippen molar-refractivity contribution in [1.29, 1.82) is 0 Å². The molecular formula is C31H40N4O4. The van der Waals surface area contributed by atoms with E-state index in [0.29, 0.717) is 28.5 Å². The number of pyridine rings is 1. The smallest absolute Gasteiger partial charge is 0.255 e. The average Bonchev–Trinajstić information content (AvgIpc) is 3.18. The molecule has 0 atom stereocenters. The molecule has 0 spiro atoms. The Morgan fingerprint density at radius 3 is 2.23 bits per heavy atom. The first-order valence-electron chi connectivity index (χ1n) is 13.4. The van der Waals surface area contributed by atoms with Crippen molar-refractivity contribution >= 4 is 17.4 Å². The third kappa shape index (κ3) is 6.81. The molecule has 0 unspecified atom stereocenters. The van der Waals surface area contributed by atoms with Gasteiger partial charge in [0.05, 0.1) is 33.2 Å². The highest BCUT2D eigenvalue weighted by atomic mass is 16.5. The largest absolute Gasteiger partial charge is 0.493 e. The molecule has 2 aromatic carbocycles. The van der Waals surface area contributed by atoms with Gasteiger partial charge in [-0.25, -0.2) is 4.98 Å². The van der Waals surface area contributed by atoms with Crippen LogP contribution in [0.4, 0.5) is 11.5 Å². The van der Waals surface area contributed by atoms with Crippen LogP contribution in [0.1, 0.15) is 48.7 Å². The van der Waals surface area contributed by atoms with E-state index < -0.39 is 0 Å². The Kier molecular flexibility index (Phi) is 8.97. The van der Waals surface area contributed by atoms with E-state index in [1.807, 2.05) is 48.5 Å². The fourth-order valence-electron chi connectivity index (χ4n) is 4.86. The molecule has 1 aromatic heterocycles. The molecule has 0 bridgehead atoms. The molecule has 1 N–H and O–H groups in total. The van der Waals surface area contributed by atoms with Crippen molar-refractivity contribution < 1.29 is 19.0 Å². The van der Waals surface area contributed by atoms with Crippen LogP contribution in [0.25, 0.3) is 0 Å². The zero-order valence-electron chi connectivity index (χ0n) is 23.9. The van der Waals surface area contributed by atoms with Gasteiger partial charge in [0.2, 0.25) is 5.75 Å². The summed E-state index contributed by atoms with van der Waals surface area (Å²) in [5, 5.41) is 2.96. The number of benzene rings is 2. The van der Waals surface area contributed by atoms with Crippen LogP contribution in [-0.4, -0.2) is 63.3 Å². The lowest BCUT2D eigenvalue weighted by Gasteiger charge is -2.24. The summed E-state index contributed by atoms with van der Waals surface area (Å²) in [4.78, 5) is 22.1. The van der Waals surface area contributed by atoms with E-state index in [2.05, 4.69) is 40.9 Å². The van der Waals surface area contributed by atoms with Gasteiger partial charge in [-0.1, -0.05) is 39.0 Å². The number of methoxy groups -OCH3 is 3. The third-order valence-electron chi connectivity index (χ3n) is 7.11. The van der Waals surface area contributed by atoms with Gasteiger partial charge in [0.25, 0.3) is 5.91 Å². The summed E-state index contributed by atoms with van der Waals surface area (Å²) in [6.07, 6.45) is 2.74. The Morgan fingerprint density at radius 2 is 1.62 bits per heavy atom. The lowest BCUT2D eigenvalue weighted by molar-refractivity contribution is 0.102. The highest BCUT2D eigenvalue weighted by molar-refractivity contribution is 6.04. The molecule has 0 aliphatic carbocycles. The van der Waals surface area contributed by atoms with Gasteiger partial charge in [-0.15, -0.1) is 0 Å². The van der Waals surface area contributed by atoms with Gasteiger partial charge in [-0.3, -0.25) is 9.69 Å². The lowest BCUT2D eigenvalue weighted by atomic mass is 9.87. The van der Waals surface area contributed by atoms with Gasteiger partial charge in [-0.05, 0) is 47.7 Å². The maximum Gasteiger partial charge on any atom is 0.255 e. The van der Waals surface area contributed by atoms with Crippen LogP contribution in [-0.2, 0) is 12.0 Å². The van der Waals surface area contributed by atoms with Crippen LogP contribution in [0.15, 0.2) is 54.7 Å². The molecule has 8 heteroatoms. The first-order chi connectivity index (χ1) is 18.7. The average molecular weight is 533 g/mol. The number of rotatable bonds is 8. The molecule has 4 rings (SSSR count). The molecule has 0 radical (unpaired) electrons. The standard InChI is InChI=1S/C31H40N4O4/c1-31(2,3)24-11-8-22(9-12-24)30(36)33-25-13-15-27(32-20-25)35-17-7-16-34(18-19-35)21-23-10-14-26(37-4)29(39-6)28(23)38-5/h8-15,20H,7,16-19,21H2,1-6H3,(H,33,36). The van der Waals surface area contributed by atoms with Crippen LogP contribution < -0.4 is 24.4 Å². The van der Waals surface area contributed by atoms with Crippen LogP contribution >= 0.6 is 0 Å². The third-order valence-corrected chi connectivity index (χ3v) is 7.11. The van der Waals surface area contributed by atoms with Crippen molar-refractivity contribution in [3.63, 3.8) is 0 Å². The van der Waals surface area contributed by atoms with E-state index in [1.54, 1.807) is 27.5 Å². The number of carbonyl (C=O) groups excluding carboxylic acids is 1. The number of ether oxygens (including phenoxy) is 3. The number of hydrogen-bond acceptors (Lipinski definition) is 7. The summed E-state index contributed by atoms with van der Waals surface area (Å²) < 4.78 is 16.6. The summed E-state index contributed by atoms with van der Waals surface area (Å²) in [6.45, 7) is 10.9. The number of carbonyl (C=O) groups is 1. The van der Waals surface area contributed by atoms with E-state index in [1.165, 1.54) is 5.56 Å². The second kappa shape index (κ2) is 12.4. The van der Waals surface area contributed by atoms with Gasteiger partial charge in [0.1, 0.15) is 5.82 Å². The molecule has 1 amide bonds. The molecular weight excluding hydrogens is 492 g/mol. The zero-order valence-corrected chi connectivity index (χ0v) is 23.9. The molecule has 208 valence electrons. The first kappa shape index (κ1) is 28.2. The first-order valence-corrected chi connectivity index (χ1v) is 13.4. The minimum atomic E-state index is -0.138. The SMILES string of the molecule is COc1ccc(CN2CCCN(c3ccc(NC(=O)c4ccc(C(C)(C)C)cc4)cn3)CC2)c(OC)c1OC. The second-order valence-electron chi connectivity index (χ2n) is 10.8. The van der Waals surface area contributed by atoms with Crippen LogP contribution in [0.2, 0.25) is 0 Å². The normalized spacial score (nSPS) is 14.5. The summed E-state index contributed by atoms with van der Waals surface area (Å²) in [5.41, 5.74) is 3.63. The number of aromatic nitrogens is 1. The maximum atomic E-state index is 12.7. The number of anilines is 2. The van der Waals surface area contributed by atoms with E-state index in [-0.39, 0.29) is 11.3 Å². The Labute approximate surface area is 231 Å². The van der Waals surface area contributed by atoms with Crippen molar-refractivity contribution in [3.05, 3.63) is 71.4 Å². The van der Waals surface area contributed by atoms with E-state index in [9.17, 15) is 4.79 Å². The molecule has 3 aromatic rings. The lowest BCUT2D eigenvalue weighted by Crippen LogP contribution is -2.31. The minimum absolute atomic E-state index is 0.0508. The molecule has 1 fully saturated rings. The number of amides is 1. The Balaban J connectivity index is 1.35. The topological polar surface area (TPSA) is 76.2 Å². The fourth-order valence-corrected chi connectivity index (χ4v) is 4.86. The van der Waals surface area contributed by atoms with Crippen LogP contribution in [0, 0.1) is 0 Å². The van der Waals surface area contributed by atoms with Crippen molar-refractivity contribution in [2.45, 2.75) is 39.2 Å². The molecule has 1 saturated heterocycles. The highest BCUT2D eigenvalue weighted by Gasteiger charge is 2.21. The Bertz CT molecular complexity index is 1250. The van der Waals surface area contributed by atoms with E-state index in [0.717, 1.165) is 50.5 Å². The van der Waals surface area contributed by atoms with Crippen molar-refractivity contribution in [2.75, 3.05) is 57.7 Å². The summed E-state index contributed by atoms with van der Waals surface area (Å²) in [7, 11) is 4.91. The molecule has 1 aliphatic heterocycles. The summed E-state index contributed by atoms with van der Waals surface area (Å²) in [6, 6.07) is 15.6. The molecule has 0 saturated carbocycles. The van der Waals surface area contributed by atoms with Gasteiger partial charge in [-0.2, -0.15) is 0 Å². The maximum absolute atomic E-state index is 12.7. The quantitative estimate of drug-likeness (QED) is 0.418. The zero-order chi connectivity index (χ0) is 28.0. The number of hydrogen-bond donors (Lipinski definition) is 1. The summed E-state index contributed by atoms with van der Waals surface area (Å²) >= 11 is 0.